The molecule has 92 valence electrons. The Balaban J connectivity index is 2.00. The maximum absolute atomic E-state index is 11.0. The van der Waals surface area contributed by atoms with Gasteiger partial charge in [0.2, 0.25) is 0 Å². The van der Waals surface area contributed by atoms with Crippen LogP contribution in [0.15, 0.2) is 0 Å². The van der Waals surface area contributed by atoms with Crippen LogP contribution in [0.1, 0.15) is 58.3 Å². The smallest absolute Gasteiger partial charge is 0.309 e. The average molecular weight is 226 g/mol. The summed E-state index contributed by atoms with van der Waals surface area (Å²) >= 11 is 0. The van der Waals surface area contributed by atoms with E-state index >= 15 is 0 Å². The Morgan fingerprint density at radius 1 is 1.06 bits per heavy atom. The van der Waals surface area contributed by atoms with Crippen LogP contribution in [-0.4, -0.2) is 21.8 Å². The summed E-state index contributed by atoms with van der Waals surface area (Å²) in [6.45, 7) is 1.63. The van der Waals surface area contributed by atoms with E-state index in [-0.39, 0.29) is 0 Å². The first-order chi connectivity index (χ1) is 7.48. The second-order valence-electron chi connectivity index (χ2n) is 5.87. The van der Waals surface area contributed by atoms with E-state index in [0.29, 0.717) is 18.3 Å². The van der Waals surface area contributed by atoms with Crippen molar-refractivity contribution in [3.63, 3.8) is 0 Å². The summed E-state index contributed by atoms with van der Waals surface area (Å²) in [5, 5.41) is 19.4. The van der Waals surface area contributed by atoms with Crippen LogP contribution in [0.25, 0.3) is 0 Å². The van der Waals surface area contributed by atoms with Crippen LogP contribution in [0.4, 0.5) is 0 Å². The molecule has 0 bridgehead atoms. The summed E-state index contributed by atoms with van der Waals surface area (Å²) in [6, 6.07) is 0. The van der Waals surface area contributed by atoms with Gasteiger partial charge in [-0.15, -0.1) is 0 Å². The van der Waals surface area contributed by atoms with E-state index in [9.17, 15) is 9.90 Å². The first kappa shape index (κ1) is 11.9. The highest BCUT2D eigenvalue weighted by atomic mass is 16.4. The molecule has 2 saturated carbocycles. The largest absolute Gasteiger partial charge is 0.481 e. The summed E-state index contributed by atoms with van der Waals surface area (Å²) in [6.07, 6.45) is 8.55. The van der Waals surface area contributed by atoms with Gasteiger partial charge in [0.15, 0.2) is 0 Å². The molecule has 3 nitrogen and oxygen atoms in total. The van der Waals surface area contributed by atoms with Crippen molar-refractivity contribution in [2.75, 3.05) is 0 Å². The predicted octanol–water partition coefficient (Wildman–Crippen LogP) is 2.57. The molecule has 1 atom stereocenters. The van der Waals surface area contributed by atoms with Gasteiger partial charge >= 0.3 is 5.97 Å². The van der Waals surface area contributed by atoms with Crippen molar-refractivity contribution in [3.05, 3.63) is 0 Å². The van der Waals surface area contributed by atoms with Gasteiger partial charge in [0.05, 0.1) is 11.5 Å². The van der Waals surface area contributed by atoms with Crippen LogP contribution >= 0.6 is 0 Å². The molecular weight excluding hydrogens is 204 g/mol. The molecular formula is C13H22O3. The van der Waals surface area contributed by atoms with Crippen molar-refractivity contribution >= 4 is 5.97 Å². The van der Waals surface area contributed by atoms with E-state index in [2.05, 4.69) is 0 Å². The molecule has 0 amide bonds. The lowest BCUT2D eigenvalue weighted by atomic mass is 9.64. The van der Waals surface area contributed by atoms with Crippen molar-refractivity contribution in [2.45, 2.75) is 63.9 Å². The molecule has 1 spiro atoms. The van der Waals surface area contributed by atoms with Gasteiger partial charge in [-0.05, 0) is 50.9 Å². The molecule has 2 rings (SSSR count). The van der Waals surface area contributed by atoms with E-state index in [1.807, 2.05) is 0 Å². The quantitative estimate of drug-likeness (QED) is 0.760. The lowest BCUT2D eigenvalue weighted by Crippen LogP contribution is -2.45. The fourth-order valence-corrected chi connectivity index (χ4v) is 3.50. The molecule has 0 aromatic rings. The van der Waals surface area contributed by atoms with Gasteiger partial charge in [0.25, 0.3) is 0 Å². The van der Waals surface area contributed by atoms with Gasteiger partial charge in [-0.1, -0.05) is 12.8 Å². The van der Waals surface area contributed by atoms with Crippen LogP contribution in [0, 0.1) is 11.3 Å². The molecule has 0 aromatic carbocycles. The van der Waals surface area contributed by atoms with E-state index in [1.54, 1.807) is 6.92 Å². The molecule has 3 heteroatoms. The third-order valence-corrected chi connectivity index (χ3v) is 5.02. The van der Waals surface area contributed by atoms with Crippen molar-refractivity contribution in [1.82, 2.24) is 0 Å². The van der Waals surface area contributed by atoms with Gasteiger partial charge in [-0.25, -0.2) is 0 Å². The SMILES string of the molecule is CC(C(=O)O)C1(O)CCC2(CCCC2)CC1. The Hall–Kier alpha value is -0.570. The number of aliphatic hydroxyl groups is 1. The van der Waals surface area contributed by atoms with Gasteiger partial charge in [-0.2, -0.15) is 0 Å². The van der Waals surface area contributed by atoms with Crippen LogP contribution in [0.2, 0.25) is 0 Å². The Bertz CT molecular complexity index is 269. The normalized spacial score (nSPS) is 29.1. The fraction of sp³-hybridized carbons (Fsp3) is 0.923. The molecule has 0 saturated heterocycles. The maximum atomic E-state index is 11.0. The van der Waals surface area contributed by atoms with Crippen LogP contribution in [0.3, 0.4) is 0 Å². The molecule has 2 N–H and O–H groups in total. The highest BCUT2D eigenvalue weighted by Gasteiger charge is 2.47. The zero-order valence-electron chi connectivity index (χ0n) is 10.0. The molecule has 1 unspecified atom stereocenters. The second kappa shape index (κ2) is 4.02. The monoisotopic (exact) mass is 226 g/mol. The molecule has 16 heavy (non-hydrogen) atoms. The minimum Gasteiger partial charge on any atom is -0.481 e. The minimum atomic E-state index is -0.959. The van der Waals surface area contributed by atoms with Crippen molar-refractivity contribution in [3.8, 4) is 0 Å². The van der Waals surface area contributed by atoms with E-state index in [0.717, 1.165) is 12.8 Å². The Labute approximate surface area is 96.9 Å². The lowest BCUT2D eigenvalue weighted by Gasteiger charge is -2.44. The van der Waals surface area contributed by atoms with Gasteiger partial charge in [-0.3, -0.25) is 4.79 Å². The van der Waals surface area contributed by atoms with Crippen LogP contribution in [0.5, 0.6) is 0 Å². The first-order valence-electron chi connectivity index (χ1n) is 6.43. The highest BCUT2D eigenvalue weighted by Crippen LogP contribution is 2.52. The van der Waals surface area contributed by atoms with Gasteiger partial charge in [0, 0.05) is 0 Å². The van der Waals surface area contributed by atoms with Crippen molar-refractivity contribution in [1.29, 1.82) is 0 Å². The van der Waals surface area contributed by atoms with Gasteiger partial charge < -0.3 is 10.2 Å². The second-order valence-corrected chi connectivity index (χ2v) is 5.87. The third-order valence-electron chi connectivity index (χ3n) is 5.02. The lowest BCUT2D eigenvalue weighted by molar-refractivity contribution is -0.155. The number of carboxylic acid groups (broad SMARTS) is 1. The Morgan fingerprint density at radius 2 is 1.56 bits per heavy atom. The standard InChI is InChI=1S/C13H22O3/c1-10(11(14)15)13(16)8-6-12(7-9-13)4-2-3-5-12/h10,16H,2-9H2,1H3,(H,14,15). The minimum absolute atomic E-state index is 0.449. The molecule has 2 fully saturated rings. The van der Waals surface area contributed by atoms with E-state index in [1.165, 1.54) is 25.7 Å². The molecule has 2 aliphatic rings. The Morgan fingerprint density at radius 3 is 2.00 bits per heavy atom. The number of rotatable bonds is 2. The fourth-order valence-electron chi connectivity index (χ4n) is 3.50. The molecule has 0 aromatic heterocycles. The number of aliphatic carboxylic acids is 1. The topological polar surface area (TPSA) is 57.5 Å². The zero-order valence-corrected chi connectivity index (χ0v) is 10.0. The first-order valence-corrected chi connectivity index (χ1v) is 6.43. The number of hydrogen-bond acceptors (Lipinski definition) is 2. The molecule has 0 aliphatic heterocycles. The molecule has 0 heterocycles. The highest BCUT2D eigenvalue weighted by molar-refractivity contribution is 5.71. The maximum Gasteiger partial charge on any atom is 0.309 e. The molecule has 0 radical (unpaired) electrons. The Kier molecular flexibility index (Phi) is 2.99. The summed E-state index contributed by atoms with van der Waals surface area (Å²) in [7, 11) is 0. The predicted molar refractivity (Wildman–Crippen MR) is 61.1 cm³/mol. The van der Waals surface area contributed by atoms with Crippen LogP contribution in [-0.2, 0) is 4.79 Å². The summed E-state index contributed by atoms with van der Waals surface area (Å²) in [5.41, 5.74) is -0.510. The molecule has 2 aliphatic carbocycles. The third kappa shape index (κ3) is 1.97. The average Bonchev–Trinajstić information content (AvgIpc) is 2.71. The van der Waals surface area contributed by atoms with Crippen LogP contribution < -0.4 is 0 Å². The van der Waals surface area contributed by atoms with Crippen molar-refractivity contribution < 1.29 is 15.0 Å². The van der Waals surface area contributed by atoms with E-state index in [4.69, 9.17) is 5.11 Å². The number of hydrogen-bond donors (Lipinski definition) is 2. The van der Waals surface area contributed by atoms with E-state index < -0.39 is 17.5 Å². The van der Waals surface area contributed by atoms with Crippen molar-refractivity contribution in [2.24, 2.45) is 11.3 Å². The zero-order chi connectivity index (χ0) is 11.8. The summed E-state index contributed by atoms with van der Waals surface area (Å²) < 4.78 is 0. The number of carboxylic acids is 1. The van der Waals surface area contributed by atoms with Gasteiger partial charge in [0.1, 0.15) is 0 Å². The summed E-state index contributed by atoms with van der Waals surface area (Å²) in [5.74, 6) is -1.50. The number of carbonyl (C=O) groups is 1. The summed E-state index contributed by atoms with van der Waals surface area (Å²) in [4.78, 5) is 11.0.